The quantitative estimate of drug-likeness (QED) is 0.249. The van der Waals surface area contributed by atoms with Crippen molar-refractivity contribution in [2.45, 2.75) is 0 Å². The topological polar surface area (TPSA) is 71.7 Å². The van der Waals surface area contributed by atoms with Crippen LogP contribution in [0.5, 0.6) is 5.75 Å². The molecule has 1 aromatic carbocycles. The molecule has 0 heterocycles. The van der Waals surface area contributed by atoms with Crippen LogP contribution in [0.4, 0.5) is 5.69 Å². The average molecular weight is 184 g/mol. The Morgan fingerprint density at radius 1 is 1.58 bits per heavy atom. The lowest BCUT2D eigenvalue weighted by Gasteiger charge is -2.00. The van der Waals surface area contributed by atoms with Crippen molar-refractivity contribution < 1.29 is 9.53 Å². The van der Waals surface area contributed by atoms with E-state index in [0.717, 1.165) is 6.40 Å². The normalized spacial score (nSPS) is 8.75. The molecule has 0 bridgehead atoms. The number of anilines is 1. The largest absolute Gasteiger partial charge is 0.443 e. The Morgan fingerprint density at radius 2 is 2.33 bits per heavy atom. The minimum Gasteiger partial charge on any atom is -0.397 e. The van der Waals surface area contributed by atoms with E-state index in [1.807, 2.05) is 0 Å². The van der Waals surface area contributed by atoms with E-state index in [4.69, 9.17) is 27.6 Å². The van der Waals surface area contributed by atoms with Crippen LogP contribution in [0.25, 0.3) is 5.53 Å². The van der Waals surface area contributed by atoms with E-state index in [1.165, 1.54) is 6.07 Å². The van der Waals surface area contributed by atoms with Gasteiger partial charge in [-0.15, -0.1) is 4.79 Å². The third kappa shape index (κ3) is 1.99. The zero-order chi connectivity index (χ0) is 8.97. The maximum Gasteiger partial charge on any atom is 0.443 e. The van der Waals surface area contributed by atoms with Gasteiger partial charge in [-0.2, -0.15) is 0 Å². The fraction of sp³-hybridized carbons (Fsp3) is 0. The Bertz CT molecular complexity index is 333. The van der Waals surface area contributed by atoms with Gasteiger partial charge in [-0.25, -0.2) is 0 Å². The lowest BCUT2D eigenvalue weighted by molar-refractivity contribution is -0.0150. The highest BCUT2D eigenvalue weighted by molar-refractivity contribution is 6.30. The molecule has 12 heavy (non-hydrogen) atoms. The summed E-state index contributed by atoms with van der Waals surface area (Å²) in [7, 11) is 0. The molecule has 0 fully saturated rings. The fourth-order valence-electron chi connectivity index (χ4n) is 0.691. The van der Waals surface area contributed by atoms with Crippen molar-refractivity contribution >= 4 is 23.7 Å². The van der Waals surface area contributed by atoms with Crippen molar-refractivity contribution in [3.8, 4) is 5.75 Å². The van der Waals surface area contributed by atoms with Crippen LogP contribution in [0, 0.1) is 0 Å². The predicted octanol–water partition coefficient (Wildman–Crippen LogP) is 1.56. The Balaban J connectivity index is 2.96. The molecule has 4 nitrogen and oxygen atoms in total. The molecule has 1 rings (SSSR count). The third-order valence-corrected chi connectivity index (χ3v) is 1.44. The molecule has 5 heteroatoms. The van der Waals surface area contributed by atoms with Crippen LogP contribution in [-0.4, -0.2) is 11.2 Å². The summed E-state index contributed by atoms with van der Waals surface area (Å²) in [6.45, 7) is 0. The van der Waals surface area contributed by atoms with Gasteiger partial charge in [0.1, 0.15) is 0 Å². The molecule has 0 radical (unpaired) electrons. The SMILES string of the molecule is [N-]=[N+]=COc1cc(Cl)ccc1N. The van der Waals surface area contributed by atoms with Crippen LogP contribution >= 0.6 is 11.6 Å². The molecular weight excluding hydrogens is 178 g/mol. The van der Waals surface area contributed by atoms with Crippen LogP contribution in [0.15, 0.2) is 18.2 Å². The van der Waals surface area contributed by atoms with Crippen molar-refractivity contribution in [3.63, 3.8) is 0 Å². The van der Waals surface area contributed by atoms with Gasteiger partial charge in [0.15, 0.2) is 5.75 Å². The van der Waals surface area contributed by atoms with Crippen LogP contribution in [0.3, 0.4) is 0 Å². The van der Waals surface area contributed by atoms with Gasteiger partial charge in [0.25, 0.3) is 0 Å². The van der Waals surface area contributed by atoms with Gasteiger partial charge in [-0.1, -0.05) is 11.6 Å². The molecule has 0 aliphatic carbocycles. The Morgan fingerprint density at radius 3 is 3.00 bits per heavy atom. The number of rotatable bonds is 2. The van der Waals surface area contributed by atoms with Gasteiger partial charge in [0.2, 0.25) is 0 Å². The summed E-state index contributed by atoms with van der Waals surface area (Å²) in [5.74, 6) is 0.361. The van der Waals surface area contributed by atoms with Crippen molar-refractivity contribution in [3.05, 3.63) is 28.8 Å². The van der Waals surface area contributed by atoms with E-state index in [2.05, 4.69) is 4.79 Å². The predicted molar refractivity (Wildman–Crippen MR) is 46.2 cm³/mol. The lowest BCUT2D eigenvalue weighted by Crippen LogP contribution is -1.95. The van der Waals surface area contributed by atoms with E-state index < -0.39 is 0 Å². The van der Waals surface area contributed by atoms with Crippen LogP contribution < -0.4 is 10.5 Å². The van der Waals surface area contributed by atoms with Gasteiger partial charge in [0.05, 0.1) is 5.69 Å². The Kier molecular flexibility index (Phi) is 2.69. The van der Waals surface area contributed by atoms with E-state index in [0.29, 0.717) is 16.5 Å². The molecule has 0 unspecified atom stereocenters. The van der Waals surface area contributed by atoms with E-state index >= 15 is 0 Å². The Hall–Kier alpha value is -1.51. The third-order valence-electron chi connectivity index (χ3n) is 1.20. The highest BCUT2D eigenvalue weighted by Crippen LogP contribution is 2.24. The van der Waals surface area contributed by atoms with E-state index in [-0.39, 0.29) is 0 Å². The highest BCUT2D eigenvalue weighted by atomic mass is 35.5. The second-order valence-electron chi connectivity index (χ2n) is 2.02. The summed E-state index contributed by atoms with van der Waals surface area (Å²) in [4.78, 5) is 2.66. The van der Waals surface area contributed by atoms with Crippen LogP contribution in [-0.2, 0) is 0 Å². The molecule has 0 aliphatic rings. The number of hydrogen-bond donors (Lipinski definition) is 1. The molecule has 0 spiro atoms. The first-order chi connectivity index (χ1) is 5.74. The molecule has 0 saturated heterocycles. The second-order valence-corrected chi connectivity index (χ2v) is 2.46. The maximum atomic E-state index is 8.06. The van der Waals surface area contributed by atoms with E-state index in [9.17, 15) is 0 Å². The van der Waals surface area contributed by atoms with Crippen LogP contribution in [0.1, 0.15) is 0 Å². The van der Waals surface area contributed by atoms with Gasteiger partial charge in [-0.05, 0) is 12.1 Å². The number of hydrogen-bond acceptors (Lipinski definition) is 2. The van der Waals surface area contributed by atoms with Crippen molar-refractivity contribution in [1.82, 2.24) is 0 Å². The zero-order valence-corrected chi connectivity index (χ0v) is 6.82. The van der Waals surface area contributed by atoms with Gasteiger partial charge >= 0.3 is 6.40 Å². The molecule has 0 aromatic heterocycles. The standard InChI is InChI=1S/C7H6ClN3O/c8-5-1-2-6(9)7(3-5)12-4-11-10/h1-4H,9H2. The fourth-order valence-corrected chi connectivity index (χ4v) is 0.853. The van der Waals surface area contributed by atoms with Gasteiger partial charge in [-0.3, -0.25) is 0 Å². The smallest absolute Gasteiger partial charge is 0.397 e. The molecule has 0 amide bonds. The number of nitrogen functional groups attached to an aromatic ring is 1. The lowest BCUT2D eigenvalue weighted by atomic mass is 10.3. The number of benzene rings is 1. The molecule has 0 aliphatic heterocycles. The number of nitrogens with two attached hydrogens (primary N) is 1. The molecule has 0 atom stereocenters. The first-order valence-corrected chi connectivity index (χ1v) is 3.49. The summed E-state index contributed by atoms with van der Waals surface area (Å²) in [5, 5.41) is 0.505. The molecule has 0 saturated carbocycles. The first-order valence-electron chi connectivity index (χ1n) is 3.11. The maximum absolute atomic E-state index is 8.06. The van der Waals surface area contributed by atoms with Gasteiger partial charge < -0.3 is 16.0 Å². The summed E-state index contributed by atoms with van der Waals surface area (Å²) in [6, 6.07) is 4.77. The monoisotopic (exact) mass is 183 g/mol. The molecule has 62 valence electrons. The number of halogens is 1. The molecular formula is C7H6ClN3O. The van der Waals surface area contributed by atoms with Crippen LogP contribution in [0.2, 0.25) is 5.02 Å². The van der Waals surface area contributed by atoms with E-state index in [1.54, 1.807) is 12.1 Å². The summed E-state index contributed by atoms with van der Waals surface area (Å²) >= 11 is 5.65. The van der Waals surface area contributed by atoms with Gasteiger partial charge in [0, 0.05) is 11.1 Å². The molecule has 2 N–H and O–H groups in total. The van der Waals surface area contributed by atoms with Crippen molar-refractivity contribution in [2.75, 3.05) is 5.73 Å². The number of nitrogens with zero attached hydrogens (tertiary/aromatic N) is 2. The van der Waals surface area contributed by atoms with Crippen molar-refractivity contribution in [2.24, 2.45) is 0 Å². The summed E-state index contributed by atoms with van der Waals surface area (Å²) in [6.07, 6.45) is 0.863. The number of ether oxygens (including phenoxy) is 1. The summed E-state index contributed by atoms with van der Waals surface area (Å²) < 4.78 is 4.82. The molecule has 1 aromatic rings. The first kappa shape index (κ1) is 8.59. The minimum atomic E-state index is 0.361. The minimum absolute atomic E-state index is 0.361. The highest BCUT2D eigenvalue weighted by Gasteiger charge is 2.00. The Labute approximate surface area is 74.1 Å². The average Bonchev–Trinajstić information content (AvgIpc) is 2.07. The zero-order valence-electron chi connectivity index (χ0n) is 6.07. The second kappa shape index (κ2) is 3.76. The summed E-state index contributed by atoms with van der Waals surface area (Å²) in [5.41, 5.74) is 14.0. The van der Waals surface area contributed by atoms with Crippen molar-refractivity contribution in [1.29, 1.82) is 0 Å².